The molecule has 0 fully saturated rings. The van der Waals surface area contributed by atoms with Crippen molar-refractivity contribution in [1.29, 1.82) is 0 Å². The first-order valence-corrected chi connectivity index (χ1v) is 10.5. The molecule has 7 heteroatoms. The summed E-state index contributed by atoms with van der Waals surface area (Å²) in [6, 6.07) is 19.7. The van der Waals surface area contributed by atoms with Crippen LogP contribution in [0.15, 0.2) is 75.0 Å². The maximum atomic E-state index is 12.9. The van der Waals surface area contributed by atoms with Crippen LogP contribution in [0.3, 0.4) is 0 Å². The molecule has 0 saturated heterocycles. The summed E-state index contributed by atoms with van der Waals surface area (Å²) in [6.45, 7) is 2.02. The van der Waals surface area contributed by atoms with E-state index < -0.39 is 0 Å². The summed E-state index contributed by atoms with van der Waals surface area (Å²) in [5.74, 6) is 1.41. The first kappa shape index (κ1) is 18.6. The van der Waals surface area contributed by atoms with Crippen LogP contribution < -0.4 is 5.56 Å². The predicted molar refractivity (Wildman–Crippen MR) is 119 cm³/mol. The van der Waals surface area contributed by atoms with Gasteiger partial charge in [-0.25, -0.2) is 4.98 Å². The van der Waals surface area contributed by atoms with E-state index in [0.29, 0.717) is 33.6 Å². The van der Waals surface area contributed by atoms with E-state index in [1.54, 1.807) is 11.6 Å². The third-order valence-electron chi connectivity index (χ3n) is 4.96. The number of aromatic nitrogens is 4. The van der Waals surface area contributed by atoms with Gasteiger partial charge in [-0.1, -0.05) is 53.7 Å². The lowest BCUT2D eigenvalue weighted by atomic mass is 10.1. The molecule has 0 aliphatic carbocycles. The number of rotatable bonds is 4. The van der Waals surface area contributed by atoms with Gasteiger partial charge < -0.3 is 4.42 Å². The quantitative estimate of drug-likeness (QED) is 0.240. The van der Waals surface area contributed by atoms with E-state index in [2.05, 4.69) is 10.2 Å². The molecule has 0 unspecified atom stereocenters. The summed E-state index contributed by atoms with van der Waals surface area (Å²) in [4.78, 5) is 17.6. The number of aryl methyl sites for hydroxylation is 1. The maximum Gasteiger partial charge on any atom is 0.261 e. The normalized spacial score (nSPS) is 11.4. The van der Waals surface area contributed by atoms with Crippen molar-refractivity contribution in [2.24, 2.45) is 7.05 Å². The van der Waals surface area contributed by atoms with Crippen molar-refractivity contribution in [1.82, 2.24) is 19.7 Å². The Hall–Kier alpha value is -3.45. The standard InChI is InChI=1S/C23H18N4O2S/c1-14-6-5-9-17(10-14)21-26-25-20(29-21)13-30-23-24-19-12-16-8-4-3-7-15(16)11-18(19)22(28)27(23)2/h3-12H,13H2,1-2H3. The zero-order chi connectivity index (χ0) is 20.7. The van der Waals surface area contributed by atoms with E-state index in [9.17, 15) is 4.79 Å². The number of fused-ring (bicyclic) bond motifs is 2. The zero-order valence-corrected chi connectivity index (χ0v) is 17.3. The Balaban J connectivity index is 1.45. The van der Waals surface area contributed by atoms with E-state index in [1.807, 2.05) is 67.6 Å². The molecule has 0 spiro atoms. The Morgan fingerprint density at radius 1 is 1.00 bits per heavy atom. The summed E-state index contributed by atoms with van der Waals surface area (Å²) in [7, 11) is 1.73. The molecule has 2 heterocycles. The molecule has 0 N–H and O–H groups in total. The minimum atomic E-state index is -0.0702. The fourth-order valence-electron chi connectivity index (χ4n) is 3.40. The van der Waals surface area contributed by atoms with Crippen molar-refractivity contribution >= 4 is 33.4 Å². The molecule has 148 valence electrons. The van der Waals surface area contributed by atoms with E-state index in [4.69, 9.17) is 9.40 Å². The third kappa shape index (κ3) is 3.37. The molecule has 2 aromatic heterocycles. The van der Waals surface area contributed by atoms with E-state index in [0.717, 1.165) is 21.9 Å². The zero-order valence-electron chi connectivity index (χ0n) is 16.5. The molecular formula is C23H18N4O2S. The van der Waals surface area contributed by atoms with Crippen LogP contribution in [0, 0.1) is 6.92 Å². The molecule has 0 aliphatic rings. The summed E-state index contributed by atoms with van der Waals surface area (Å²) in [5, 5.41) is 11.6. The Labute approximate surface area is 176 Å². The smallest absolute Gasteiger partial charge is 0.261 e. The molecule has 3 aromatic carbocycles. The highest BCUT2D eigenvalue weighted by Crippen LogP contribution is 2.25. The topological polar surface area (TPSA) is 73.8 Å². The molecule has 5 rings (SSSR count). The fraction of sp³-hybridized carbons (Fsp3) is 0.130. The number of benzene rings is 3. The van der Waals surface area contributed by atoms with Crippen molar-refractivity contribution in [2.45, 2.75) is 17.8 Å². The average molecular weight is 414 g/mol. The molecule has 30 heavy (non-hydrogen) atoms. The predicted octanol–water partition coefficient (Wildman–Crippen LogP) is 4.74. The van der Waals surface area contributed by atoms with Crippen LogP contribution in [0.4, 0.5) is 0 Å². The van der Waals surface area contributed by atoms with Crippen LogP contribution in [0.5, 0.6) is 0 Å². The minimum absolute atomic E-state index is 0.0702. The van der Waals surface area contributed by atoms with Crippen molar-refractivity contribution in [2.75, 3.05) is 0 Å². The van der Waals surface area contributed by atoms with Crippen LogP contribution in [-0.4, -0.2) is 19.7 Å². The van der Waals surface area contributed by atoms with Crippen molar-refractivity contribution in [3.63, 3.8) is 0 Å². The van der Waals surface area contributed by atoms with Crippen LogP contribution in [0.25, 0.3) is 33.1 Å². The Morgan fingerprint density at radius 2 is 1.80 bits per heavy atom. The maximum absolute atomic E-state index is 12.9. The highest BCUT2D eigenvalue weighted by molar-refractivity contribution is 7.98. The van der Waals surface area contributed by atoms with Gasteiger partial charge in [0.05, 0.1) is 16.7 Å². The second-order valence-electron chi connectivity index (χ2n) is 7.13. The third-order valence-corrected chi connectivity index (χ3v) is 5.97. The lowest BCUT2D eigenvalue weighted by Gasteiger charge is -2.08. The summed E-state index contributed by atoms with van der Waals surface area (Å²) in [5.41, 5.74) is 2.64. The first-order chi connectivity index (χ1) is 14.6. The molecule has 6 nitrogen and oxygen atoms in total. The van der Waals surface area contributed by atoms with Crippen molar-refractivity contribution in [3.05, 3.63) is 82.5 Å². The molecule has 0 amide bonds. The second-order valence-corrected chi connectivity index (χ2v) is 8.08. The lowest BCUT2D eigenvalue weighted by molar-refractivity contribution is 0.528. The van der Waals surface area contributed by atoms with Crippen LogP contribution in [0.2, 0.25) is 0 Å². The Kier molecular flexibility index (Phi) is 4.59. The molecule has 5 aromatic rings. The van der Waals surface area contributed by atoms with Crippen LogP contribution in [0.1, 0.15) is 11.5 Å². The van der Waals surface area contributed by atoms with Crippen molar-refractivity contribution < 1.29 is 4.42 Å². The summed E-state index contributed by atoms with van der Waals surface area (Å²) < 4.78 is 7.37. The van der Waals surface area contributed by atoms with Crippen molar-refractivity contribution in [3.8, 4) is 11.5 Å². The first-order valence-electron chi connectivity index (χ1n) is 9.50. The number of nitrogens with zero attached hydrogens (tertiary/aromatic N) is 4. The molecule has 0 atom stereocenters. The monoisotopic (exact) mass is 414 g/mol. The van der Waals surface area contributed by atoms with E-state index in [-0.39, 0.29) is 5.56 Å². The fourth-order valence-corrected chi connectivity index (χ4v) is 4.21. The highest BCUT2D eigenvalue weighted by atomic mass is 32.2. The van der Waals surface area contributed by atoms with E-state index in [1.165, 1.54) is 11.8 Å². The van der Waals surface area contributed by atoms with Crippen LogP contribution >= 0.6 is 11.8 Å². The Morgan fingerprint density at radius 3 is 2.60 bits per heavy atom. The largest absolute Gasteiger partial charge is 0.420 e. The van der Waals surface area contributed by atoms with Gasteiger partial charge in [0.25, 0.3) is 5.56 Å². The Bertz CT molecular complexity index is 1460. The molecule has 0 bridgehead atoms. The van der Waals surface area contributed by atoms with Crippen LogP contribution in [-0.2, 0) is 12.8 Å². The average Bonchev–Trinajstić information content (AvgIpc) is 3.23. The van der Waals surface area contributed by atoms with Gasteiger partial charge in [0, 0.05) is 12.6 Å². The van der Waals surface area contributed by atoms with Gasteiger partial charge in [-0.05, 0) is 42.0 Å². The second kappa shape index (κ2) is 7.42. The van der Waals surface area contributed by atoms with Gasteiger partial charge >= 0.3 is 0 Å². The number of hydrogen-bond donors (Lipinski definition) is 0. The number of thioether (sulfide) groups is 1. The molecular weight excluding hydrogens is 396 g/mol. The minimum Gasteiger partial charge on any atom is -0.420 e. The lowest BCUT2D eigenvalue weighted by Crippen LogP contribution is -2.20. The van der Waals surface area contributed by atoms with Gasteiger partial charge in [0.15, 0.2) is 5.16 Å². The molecule has 0 radical (unpaired) electrons. The summed E-state index contributed by atoms with van der Waals surface area (Å²) >= 11 is 1.40. The van der Waals surface area contributed by atoms with Gasteiger partial charge in [-0.3, -0.25) is 9.36 Å². The summed E-state index contributed by atoms with van der Waals surface area (Å²) in [6.07, 6.45) is 0. The van der Waals surface area contributed by atoms with Gasteiger partial charge in [0.2, 0.25) is 11.8 Å². The molecule has 0 saturated carbocycles. The van der Waals surface area contributed by atoms with Gasteiger partial charge in [-0.15, -0.1) is 10.2 Å². The SMILES string of the molecule is Cc1cccc(-c2nnc(CSc3nc4cc5ccccc5cc4c(=O)n3C)o2)c1. The van der Waals surface area contributed by atoms with Gasteiger partial charge in [0.1, 0.15) is 0 Å². The van der Waals surface area contributed by atoms with Gasteiger partial charge in [-0.2, -0.15) is 0 Å². The number of hydrogen-bond acceptors (Lipinski definition) is 6. The molecule has 0 aliphatic heterocycles. The van der Waals surface area contributed by atoms with E-state index >= 15 is 0 Å². The highest BCUT2D eigenvalue weighted by Gasteiger charge is 2.13.